The number of carbonyl (C=O) groups is 1. The van der Waals surface area contributed by atoms with E-state index in [1.165, 1.54) is 12.7 Å². The predicted octanol–water partition coefficient (Wildman–Crippen LogP) is 1.55. The molecule has 0 saturated carbocycles. The molecule has 13 heavy (non-hydrogen) atoms. The van der Waals surface area contributed by atoms with E-state index in [1.807, 2.05) is 6.92 Å². The average Bonchev–Trinajstić information content (AvgIpc) is 2.57. The molecule has 1 N–H and O–H groups in total. The van der Waals surface area contributed by atoms with Crippen LogP contribution < -0.4 is 5.32 Å². The van der Waals surface area contributed by atoms with Gasteiger partial charge in [-0.25, -0.2) is 4.79 Å². The van der Waals surface area contributed by atoms with Gasteiger partial charge in [0, 0.05) is 13.6 Å². The minimum atomic E-state index is -0.171. The van der Waals surface area contributed by atoms with Crippen LogP contribution in [0.15, 0.2) is 17.1 Å². The zero-order valence-corrected chi connectivity index (χ0v) is 7.78. The van der Waals surface area contributed by atoms with Crippen molar-refractivity contribution >= 4 is 11.8 Å². The van der Waals surface area contributed by atoms with Gasteiger partial charge in [0.25, 0.3) is 0 Å². The van der Waals surface area contributed by atoms with Gasteiger partial charge in [-0.2, -0.15) is 4.98 Å². The summed E-state index contributed by atoms with van der Waals surface area (Å²) < 4.78 is 4.71. The fraction of sp³-hybridized carbons (Fsp3) is 0.500. The molecular weight excluding hydrogens is 170 g/mol. The Balaban J connectivity index is 2.41. The van der Waals surface area contributed by atoms with E-state index in [4.69, 9.17) is 4.42 Å². The zero-order valence-electron chi connectivity index (χ0n) is 7.78. The Bertz CT molecular complexity index is 258. The summed E-state index contributed by atoms with van der Waals surface area (Å²) in [7, 11) is 1.74. The number of nitrogens with one attached hydrogen (secondary N) is 1. The third-order valence-electron chi connectivity index (χ3n) is 1.57. The molecule has 0 spiro atoms. The summed E-state index contributed by atoms with van der Waals surface area (Å²) in [6, 6.07) is -0.171. The number of urea groups is 1. The van der Waals surface area contributed by atoms with Gasteiger partial charge < -0.3 is 9.32 Å². The largest absolute Gasteiger partial charge is 0.449 e. The molecule has 0 fully saturated rings. The van der Waals surface area contributed by atoms with Crippen molar-refractivity contribution in [3.63, 3.8) is 0 Å². The van der Waals surface area contributed by atoms with Gasteiger partial charge >= 0.3 is 6.03 Å². The van der Waals surface area contributed by atoms with Crippen LogP contribution in [0.4, 0.5) is 10.6 Å². The summed E-state index contributed by atoms with van der Waals surface area (Å²) in [5.41, 5.74) is 0. The fourth-order valence-electron chi connectivity index (χ4n) is 0.916. The standard InChI is InChI=1S/C8H13N3O2/c1-3-4-11(2)8(12)10-7-5-13-6-9-7/h5-6H,3-4H2,1-2H3,(H,10,12). The van der Waals surface area contributed by atoms with Crippen LogP contribution in [0.5, 0.6) is 0 Å². The quantitative estimate of drug-likeness (QED) is 0.773. The molecule has 0 atom stereocenters. The highest BCUT2D eigenvalue weighted by molar-refractivity contribution is 5.87. The molecule has 1 aromatic rings. The van der Waals surface area contributed by atoms with Crippen LogP contribution in [0.3, 0.4) is 0 Å². The fourth-order valence-corrected chi connectivity index (χ4v) is 0.916. The van der Waals surface area contributed by atoms with Crippen molar-refractivity contribution in [2.45, 2.75) is 13.3 Å². The number of rotatable bonds is 3. The van der Waals surface area contributed by atoms with Crippen molar-refractivity contribution in [1.82, 2.24) is 9.88 Å². The summed E-state index contributed by atoms with van der Waals surface area (Å²) in [6.07, 6.45) is 3.59. The summed E-state index contributed by atoms with van der Waals surface area (Å²) in [4.78, 5) is 16.7. The highest BCUT2D eigenvalue weighted by atomic mass is 16.3. The van der Waals surface area contributed by atoms with Crippen molar-refractivity contribution in [1.29, 1.82) is 0 Å². The first kappa shape index (κ1) is 9.57. The van der Waals surface area contributed by atoms with Gasteiger partial charge in [-0.05, 0) is 6.42 Å². The minimum Gasteiger partial charge on any atom is -0.449 e. The van der Waals surface area contributed by atoms with E-state index in [2.05, 4.69) is 10.3 Å². The van der Waals surface area contributed by atoms with Gasteiger partial charge in [0.2, 0.25) is 0 Å². The predicted molar refractivity (Wildman–Crippen MR) is 48.4 cm³/mol. The van der Waals surface area contributed by atoms with E-state index in [0.717, 1.165) is 13.0 Å². The van der Waals surface area contributed by atoms with Crippen molar-refractivity contribution in [2.75, 3.05) is 18.9 Å². The number of carbonyl (C=O) groups excluding carboxylic acids is 1. The Morgan fingerprint density at radius 1 is 1.77 bits per heavy atom. The molecule has 1 heterocycles. The van der Waals surface area contributed by atoms with Crippen LogP contribution in [0, 0.1) is 0 Å². The number of oxazole rings is 1. The first-order valence-electron chi connectivity index (χ1n) is 4.14. The number of hydrogen-bond acceptors (Lipinski definition) is 3. The molecule has 0 aliphatic heterocycles. The highest BCUT2D eigenvalue weighted by Gasteiger charge is 2.08. The normalized spacial score (nSPS) is 9.69. The number of nitrogens with zero attached hydrogens (tertiary/aromatic N) is 2. The van der Waals surface area contributed by atoms with Gasteiger partial charge in [0.05, 0.1) is 0 Å². The Morgan fingerprint density at radius 3 is 3.08 bits per heavy atom. The molecule has 5 heteroatoms. The molecule has 1 rings (SSSR count). The number of anilines is 1. The van der Waals surface area contributed by atoms with E-state index >= 15 is 0 Å². The molecule has 0 aliphatic carbocycles. The van der Waals surface area contributed by atoms with Crippen LogP contribution in [0.2, 0.25) is 0 Å². The molecule has 0 unspecified atom stereocenters. The third-order valence-corrected chi connectivity index (χ3v) is 1.57. The van der Waals surface area contributed by atoms with Crippen molar-refractivity contribution in [2.24, 2.45) is 0 Å². The van der Waals surface area contributed by atoms with Crippen molar-refractivity contribution in [3.05, 3.63) is 12.7 Å². The lowest BCUT2D eigenvalue weighted by atomic mass is 10.4. The molecule has 0 aliphatic rings. The van der Waals surface area contributed by atoms with Gasteiger partial charge in [0.15, 0.2) is 12.2 Å². The van der Waals surface area contributed by atoms with Gasteiger partial charge in [-0.3, -0.25) is 5.32 Å². The van der Waals surface area contributed by atoms with Gasteiger partial charge in [0.1, 0.15) is 6.26 Å². The molecule has 0 radical (unpaired) electrons. The topological polar surface area (TPSA) is 58.4 Å². The van der Waals surface area contributed by atoms with E-state index in [-0.39, 0.29) is 6.03 Å². The van der Waals surface area contributed by atoms with Crippen molar-refractivity contribution < 1.29 is 9.21 Å². The maximum Gasteiger partial charge on any atom is 0.322 e. The minimum absolute atomic E-state index is 0.171. The van der Waals surface area contributed by atoms with E-state index < -0.39 is 0 Å². The number of hydrogen-bond donors (Lipinski definition) is 1. The summed E-state index contributed by atoms with van der Waals surface area (Å²) in [5, 5.41) is 2.59. The van der Waals surface area contributed by atoms with E-state index in [0.29, 0.717) is 5.82 Å². The van der Waals surface area contributed by atoms with Crippen LogP contribution in [0.25, 0.3) is 0 Å². The molecule has 0 bridgehead atoms. The third kappa shape index (κ3) is 2.77. The molecule has 2 amide bonds. The number of amides is 2. The first-order chi connectivity index (χ1) is 6.24. The lowest BCUT2D eigenvalue weighted by molar-refractivity contribution is 0.222. The summed E-state index contributed by atoms with van der Waals surface area (Å²) in [5.74, 6) is 0.438. The first-order valence-corrected chi connectivity index (χ1v) is 4.14. The second kappa shape index (κ2) is 4.49. The zero-order chi connectivity index (χ0) is 9.68. The smallest absolute Gasteiger partial charge is 0.322 e. The Kier molecular flexibility index (Phi) is 3.31. The van der Waals surface area contributed by atoms with E-state index in [9.17, 15) is 4.79 Å². The second-order valence-electron chi connectivity index (χ2n) is 2.73. The van der Waals surface area contributed by atoms with Crippen LogP contribution in [-0.4, -0.2) is 29.5 Å². The lowest BCUT2D eigenvalue weighted by Crippen LogP contribution is -2.31. The Labute approximate surface area is 76.7 Å². The molecule has 72 valence electrons. The molecule has 5 nitrogen and oxygen atoms in total. The van der Waals surface area contributed by atoms with Crippen LogP contribution >= 0.6 is 0 Å². The molecule has 0 saturated heterocycles. The SMILES string of the molecule is CCCN(C)C(=O)Nc1cocn1. The van der Waals surface area contributed by atoms with Gasteiger partial charge in [-0.15, -0.1) is 0 Å². The average molecular weight is 183 g/mol. The lowest BCUT2D eigenvalue weighted by Gasteiger charge is -2.15. The van der Waals surface area contributed by atoms with Crippen LogP contribution in [0.1, 0.15) is 13.3 Å². The number of aromatic nitrogens is 1. The molecular formula is C8H13N3O2. The molecule has 0 aromatic carbocycles. The van der Waals surface area contributed by atoms with Crippen LogP contribution in [-0.2, 0) is 0 Å². The highest BCUT2D eigenvalue weighted by Crippen LogP contribution is 2.02. The monoisotopic (exact) mass is 183 g/mol. The molecule has 1 aromatic heterocycles. The summed E-state index contributed by atoms with van der Waals surface area (Å²) >= 11 is 0. The van der Waals surface area contributed by atoms with Gasteiger partial charge in [-0.1, -0.05) is 6.92 Å². The van der Waals surface area contributed by atoms with E-state index in [1.54, 1.807) is 11.9 Å². The second-order valence-corrected chi connectivity index (χ2v) is 2.73. The maximum atomic E-state index is 11.3. The maximum absolute atomic E-state index is 11.3. The Hall–Kier alpha value is -1.52. The van der Waals surface area contributed by atoms with Crippen molar-refractivity contribution in [3.8, 4) is 0 Å². The summed E-state index contributed by atoms with van der Waals surface area (Å²) in [6.45, 7) is 2.74. The Morgan fingerprint density at radius 2 is 2.54 bits per heavy atom.